The lowest BCUT2D eigenvalue weighted by molar-refractivity contribution is 0.0735. The highest BCUT2D eigenvalue weighted by atomic mass is 16.5. The molecule has 0 fully saturated rings. The molecule has 0 saturated heterocycles. The SMILES string of the molecule is COc1ccc(C(=O)Oc2ccc3nccnc3c2)cc1. The Kier molecular flexibility index (Phi) is 3.47. The van der Waals surface area contributed by atoms with Gasteiger partial charge in [0.05, 0.1) is 23.7 Å². The molecule has 104 valence electrons. The first kappa shape index (κ1) is 13.1. The van der Waals surface area contributed by atoms with E-state index in [-0.39, 0.29) is 0 Å². The van der Waals surface area contributed by atoms with Crippen LogP contribution >= 0.6 is 0 Å². The number of aromatic nitrogens is 2. The van der Waals surface area contributed by atoms with Gasteiger partial charge in [-0.1, -0.05) is 0 Å². The van der Waals surface area contributed by atoms with Crippen molar-refractivity contribution in [3.8, 4) is 11.5 Å². The zero-order valence-electron chi connectivity index (χ0n) is 11.3. The maximum Gasteiger partial charge on any atom is 0.343 e. The van der Waals surface area contributed by atoms with Crippen LogP contribution in [-0.4, -0.2) is 23.0 Å². The topological polar surface area (TPSA) is 61.3 Å². The molecule has 0 unspecified atom stereocenters. The standard InChI is InChI=1S/C16H12N2O3/c1-20-12-4-2-11(3-5-12)16(19)21-13-6-7-14-15(10-13)18-9-8-17-14/h2-10H,1H3. The van der Waals surface area contributed by atoms with E-state index >= 15 is 0 Å². The molecule has 5 nitrogen and oxygen atoms in total. The Hall–Kier alpha value is -2.95. The first-order valence-electron chi connectivity index (χ1n) is 6.33. The van der Waals surface area contributed by atoms with Crippen molar-refractivity contribution in [3.05, 3.63) is 60.4 Å². The molecule has 0 aliphatic heterocycles. The molecule has 21 heavy (non-hydrogen) atoms. The third-order valence-corrected chi connectivity index (χ3v) is 2.98. The summed E-state index contributed by atoms with van der Waals surface area (Å²) in [7, 11) is 1.57. The second-order valence-corrected chi connectivity index (χ2v) is 4.32. The molecule has 0 aliphatic rings. The lowest BCUT2D eigenvalue weighted by atomic mass is 10.2. The first-order chi connectivity index (χ1) is 10.3. The van der Waals surface area contributed by atoms with E-state index in [0.29, 0.717) is 22.6 Å². The molecule has 1 heterocycles. The zero-order valence-corrected chi connectivity index (χ0v) is 11.3. The molecule has 0 amide bonds. The van der Waals surface area contributed by atoms with E-state index in [2.05, 4.69) is 9.97 Å². The second kappa shape index (κ2) is 5.58. The van der Waals surface area contributed by atoms with E-state index < -0.39 is 5.97 Å². The predicted octanol–water partition coefficient (Wildman–Crippen LogP) is 2.86. The monoisotopic (exact) mass is 280 g/mol. The molecule has 2 aromatic carbocycles. The predicted molar refractivity (Wildman–Crippen MR) is 77.5 cm³/mol. The number of nitrogens with zero attached hydrogens (tertiary/aromatic N) is 2. The summed E-state index contributed by atoms with van der Waals surface area (Å²) in [6.45, 7) is 0. The number of carbonyl (C=O) groups excluding carboxylic acids is 1. The summed E-state index contributed by atoms with van der Waals surface area (Å²) in [5.74, 6) is 0.692. The molecule has 0 saturated carbocycles. The van der Waals surface area contributed by atoms with Crippen LogP contribution in [0.3, 0.4) is 0 Å². The quantitative estimate of drug-likeness (QED) is 0.545. The molecule has 5 heteroatoms. The maximum atomic E-state index is 12.1. The van der Waals surface area contributed by atoms with Gasteiger partial charge < -0.3 is 9.47 Å². The van der Waals surface area contributed by atoms with Gasteiger partial charge in [0.1, 0.15) is 11.5 Å². The van der Waals surface area contributed by atoms with E-state index in [1.807, 2.05) is 0 Å². The molecule has 3 aromatic rings. The second-order valence-electron chi connectivity index (χ2n) is 4.32. The van der Waals surface area contributed by atoms with Crippen LogP contribution in [0.2, 0.25) is 0 Å². The highest BCUT2D eigenvalue weighted by Crippen LogP contribution is 2.19. The summed E-state index contributed by atoms with van der Waals surface area (Å²) in [5.41, 5.74) is 1.88. The number of ether oxygens (including phenoxy) is 2. The number of carbonyl (C=O) groups is 1. The Morgan fingerprint density at radius 3 is 2.29 bits per heavy atom. The van der Waals surface area contributed by atoms with Gasteiger partial charge in [0.25, 0.3) is 0 Å². The van der Waals surface area contributed by atoms with Gasteiger partial charge in [0, 0.05) is 18.5 Å². The molecule has 0 aliphatic carbocycles. The van der Waals surface area contributed by atoms with Crippen LogP contribution in [0.1, 0.15) is 10.4 Å². The molecule has 0 radical (unpaired) electrons. The Labute approximate surface area is 121 Å². The van der Waals surface area contributed by atoms with Crippen LogP contribution in [-0.2, 0) is 0 Å². The van der Waals surface area contributed by atoms with Crippen molar-refractivity contribution < 1.29 is 14.3 Å². The molecule has 0 N–H and O–H groups in total. The lowest BCUT2D eigenvalue weighted by Crippen LogP contribution is -2.08. The summed E-state index contributed by atoms with van der Waals surface area (Å²) < 4.78 is 10.4. The van der Waals surface area contributed by atoms with Gasteiger partial charge in [-0.05, 0) is 36.4 Å². The van der Waals surface area contributed by atoms with Crippen LogP contribution in [0.4, 0.5) is 0 Å². The molecule has 1 aromatic heterocycles. The molecular formula is C16H12N2O3. The highest BCUT2D eigenvalue weighted by molar-refractivity contribution is 5.91. The molecular weight excluding hydrogens is 268 g/mol. The number of benzene rings is 2. The zero-order chi connectivity index (χ0) is 14.7. The fourth-order valence-electron chi connectivity index (χ4n) is 1.90. The fourth-order valence-corrected chi connectivity index (χ4v) is 1.90. The van der Waals surface area contributed by atoms with Crippen molar-refractivity contribution in [2.45, 2.75) is 0 Å². The average Bonchev–Trinajstić information content (AvgIpc) is 2.55. The Bertz CT molecular complexity index is 785. The fraction of sp³-hybridized carbons (Fsp3) is 0.0625. The van der Waals surface area contributed by atoms with Crippen LogP contribution in [0, 0.1) is 0 Å². The van der Waals surface area contributed by atoms with Crippen LogP contribution in [0.5, 0.6) is 11.5 Å². The smallest absolute Gasteiger partial charge is 0.343 e. The summed E-state index contributed by atoms with van der Waals surface area (Å²) in [4.78, 5) is 20.4. The van der Waals surface area contributed by atoms with Crippen LogP contribution in [0.25, 0.3) is 11.0 Å². The third-order valence-electron chi connectivity index (χ3n) is 2.98. The Morgan fingerprint density at radius 1 is 0.905 bits per heavy atom. The average molecular weight is 280 g/mol. The highest BCUT2D eigenvalue weighted by Gasteiger charge is 2.09. The van der Waals surface area contributed by atoms with Gasteiger partial charge in [-0.15, -0.1) is 0 Å². The number of fused-ring (bicyclic) bond motifs is 1. The van der Waals surface area contributed by atoms with E-state index in [1.54, 1.807) is 62.0 Å². The number of hydrogen-bond acceptors (Lipinski definition) is 5. The van der Waals surface area contributed by atoms with Gasteiger partial charge in [-0.2, -0.15) is 0 Å². The van der Waals surface area contributed by atoms with Crippen LogP contribution < -0.4 is 9.47 Å². The Morgan fingerprint density at radius 2 is 1.57 bits per heavy atom. The number of methoxy groups -OCH3 is 1. The summed E-state index contributed by atoms with van der Waals surface area (Å²) in [6.07, 6.45) is 3.21. The van der Waals surface area contributed by atoms with Gasteiger partial charge in [-0.3, -0.25) is 9.97 Å². The van der Waals surface area contributed by atoms with Crippen LogP contribution in [0.15, 0.2) is 54.9 Å². The Balaban J connectivity index is 1.81. The van der Waals surface area contributed by atoms with Crippen molar-refractivity contribution in [2.75, 3.05) is 7.11 Å². The summed E-state index contributed by atoms with van der Waals surface area (Å²) in [5, 5.41) is 0. The summed E-state index contributed by atoms with van der Waals surface area (Å²) in [6, 6.07) is 11.9. The van der Waals surface area contributed by atoms with Gasteiger partial charge in [0.15, 0.2) is 0 Å². The number of esters is 1. The van der Waals surface area contributed by atoms with E-state index in [4.69, 9.17) is 9.47 Å². The van der Waals surface area contributed by atoms with Crippen molar-refractivity contribution in [1.29, 1.82) is 0 Å². The normalized spacial score (nSPS) is 10.3. The van der Waals surface area contributed by atoms with Crippen molar-refractivity contribution in [1.82, 2.24) is 9.97 Å². The largest absolute Gasteiger partial charge is 0.497 e. The number of rotatable bonds is 3. The lowest BCUT2D eigenvalue weighted by Gasteiger charge is -2.06. The third kappa shape index (κ3) is 2.81. The van der Waals surface area contributed by atoms with Gasteiger partial charge >= 0.3 is 5.97 Å². The molecule has 0 bridgehead atoms. The van der Waals surface area contributed by atoms with Crippen molar-refractivity contribution in [2.24, 2.45) is 0 Å². The van der Waals surface area contributed by atoms with E-state index in [1.165, 1.54) is 0 Å². The van der Waals surface area contributed by atoms with E-state index in [9.17, 15) is 4.79 Å². The van der Waals surface area contributed by atoms with Gasteiger partial charge in [-0.25, -0.2) is 4.79 Å². The van der Waals surface area contributed by atoms with Gasteiger partial charge in [0.2, 0.25) is 0 Å². The molecule has 0 spiro atoms. The van der Waals surface area contributed by atoms with Crippen molar-refractivity contribution >= 4 is 17.0 Å². The summed E-state index contributed by atoms with van der Waals surface area (Å²) >= 11 is 0. The minimum absolute atomic E-state index is 0.430. The number of hydrogen-bond donors (Lipinski definition) is 0. The minimum atomic E-state index is -0.430. The van der Waals surface area contributed by atoms with E-state index in [0.717, 1.165) is 5.52 Å². The maximum absolute atomic E-state index is 12.1. The first-order valence-corrected chi connectivity index (χ1v) is 6.33. The van der Waals surface area contributed by atoms with Crippen molar-refractivity contribution in [3.63, 3.8) is 0 Å². The molecule has 0 atom stereocenters. The minimum Gasteiger partial charge on any atom is -0.497 e. The molecule has 3 rings (SSSR count).